The van der Waals surface area contributed by atoms with E-state index in [1.165, 1.54) is 5.56 Å². The molecule has 4 nitrogen and oxygen atoms in total. The number of likely N-dealkylation sites (tertiary alicyclic amines) is 1. The molecule has 3 aromatic rings. The van der Waals surface area contributed by atoms with Crippen LogP contribution in [0.3, 0.4) is 0 Å². The van der Waals surface area contributed by atoms with Crippen molar-refractivity contribution in [2.75, 3.05) is 18.4 Å². The van der Waals surface area contributed by atoms with Crippen molar-refractivity contribution in [1.29, 1.82) is 0 Å². The van der Waals surface area contributed by atoms with Crippen molar-refractivity contribution in [2.24, 2.45) is 0 Å². The van der Waals surface area contributed by atoms with Crippen molar-refractivity contribution in [3.63, 3.8) is 0 Å². The predicted molar refractivity (Wildman–Crippen MR) is 101 cm³/mol. The second-order valence-electron chi connectivity index (χ2n) is 6.66. The molecule has 1 aromatic heterocycles. The van der Waals surface area contributed by atoms with E-state index in [-0.39, 0.29) is 5.63 Å². The molecule has 2 aromatic carbocycles. The van der Waals surface area contributed by atoms with Gasteiger partial charge in [0.05, 0.1) is 5.69 Å². The number of nitrogens with zero attached hydrogens (tertiary/aromatic N) is 1. The van der Waals surface area contributed by atoms with Crippen molar-refractivity contribution in [3.8, 4) is 0 Å². The number of rotatable bonds is 4. The van der Waals surface area contributed by atoms with Crippen molar-refractivity contribution < 1.29 is 4.42 Å². The third kappa shape index (κ3) is 3.74. The van der Waals surface area contributed by atoms with Crippen molar-refractivity contribution in [1.82, 2.24) is 4.90 Å². The van der Waals surface area contributed by atoms with Gasteiger partial charge in [0.2, 0.25) is 0 Å². The van der Waals surface area contributed by atoms with Gasteiger partial charge < -0.3 is 9.73 Å². The lowest BCUT2D eigenvalue weighted by molar-refractivity contribution is 0.211. The molecule has 1 saturated heterocycles. The van der Waals surface area contributed by atoms with Gasteiger partial charge in [0.1, 0.15) is 5.58 Å². The first-order valence-corrected chi connectivity index (χ1v) is 8.84. The van der Waals surface area contributed by atoms with E-state index in [0.717, 1.165) is 43.5 Å². The molecule has 1 N–H and O–H groups in total. The number of piperidine rings is 1. The minimum atomic E-state index is -0.303. The van der Waals surface area contributed by atoms with E-state index in [4.69, 9.17) is 4.42 Å². The smallest absolute Gasteiger partial charge is 0.338 e. The van der Waals surface area contributed by atoms with Crippen LogP contribution >= 0.6 is 0 Å². The molecule has 1 fully saturated rings. The third-order valence-corrected chi connectivity index (χ3v) is 4.85. The fourth-order valence-corrected chi connectivity index (χ4v) is 3.53. The SMILES string of the molecule is O=c1cc(NC2CCN(Cc3ccccc3)CC2)c2ccccc2o1. The first-order valence-electron chi connectivity index (χ1n) is 8.84. The summed E-state index contributed by atoms with van der Waals surface area (Å²) in [5.41, 5.74) is 2.58. The van der Waals surface area contributed by atoms with Gasteiger partial charge >= 0.3 is 5.63 Å². The molecule has 0 saturated carbocycles. The molecule has 1 aliphatic heterocycles. The molecule has 1 aliphatic rings. The van der Waals surface area contributed by atoms with Crippen LogP contribution in [0.5, 0.6) is 0 Å². The Morgan fingerprint density at radius 2 is 1.72 bits per heavy atom. The first-order chi connectivity index (χ1) is 12.3. The summed E-state index contributed by atoms with van der Waals surface area (Å²) >= 11 is 0. The molecule has 0 bridgehead atoms. The maximum absolute atomic E-state index is 11.8. The highest BCUT2D eigenvalue weighted by atomic mass is 16.4. The fraction of sp³-hybridized carbons (Fsp3) is 0.286. The van der Waals surface area contributed by atoms with Crippen molar-refractivity contribution in [2.45, 2.75) is 25.4 Å². The number of hydrogen-bond donors (Lipinski definition) is 1. The lowest BCUT2D eigenvalue weighted by atomic mass is 10.0. The van der Waals surface area contributed by atoms with Gasteiger partial charge in [-0.2, -0.15) is 0 Å². The molecule has 0 amide bonds. The van der Waals surface area contributed by atoms with Crippen LogP contribution in [0.15, 0.2) is 69.9 Å². The number of para-hydroxylation sites is 1. The Labute approximate surface area is 147 Å². The zero-order valence-electron chi connectivity index (χ0n) is 14.2. The van der Waals surface area contributed by atoms with Gasteiger partial charge in [0.25, 0.3) is 0 Å². The summed E-state index contributed by atoms with van der Waals surface area (Å²) in [7, 11) is 0. The van der Waals surface area contributed by atoms with Gasteiger partial charge in [-0.25, -0.2) is 4.79 Å². The van der Waals surface area contributed by atoms with Crippen LogP contribution in [0.25, 0.3) is 11.0 Å². The van der Waals surface area contributed by atoms with Crippen LogP contribution in [-0.4, -0.2) is 24.0 Å². The highest BCUT2D eigenvalue weighted by molar-refractivity contribution is 5.89. The van der Waals surface area contributed by atoms with Gasteiger partial charge in [0, 0.05) is 37.1 Å². The topological polar surface area (TPSA) is 45.5 Å². The lowest BCUT2D eigenvalue weighted by Crippen LogP contribution is -2.38. The molecule has 4 heteroatoms. The summed E-state index contributed by atoms with van der Waals surface area (Å²) < 4.78 is 5.27. The Hall–Kier alpha value is -2.59. The number of fused-ring (bicyclic) bond motifs is 1. The Bertz CT molecular complexity index is 896. The largest absolute Gasteiger partial charge is 0.423 e. The van der Waals surface area contributed by atoms with Crippen LogP contribution in [-0.2, 0) is 6.54 Å². The highest BCUT2D eigenvalue weighted by Crippen LogP contribution is 2.24. The zero-order valence-corrected chi connectivity index (χ0v) is 14.2. The Kier molecular flexibility index (Phi) is 4.53. The second-order valence-corrected chi connectivity index (χ2v) is 6.66. The molecule has 128 valence electrons. The summed E-state index contributed by atoms with van der Waals surface area (Å²) in [6.07, 6.45) is 2.14. The normalized spacial score (nSPS) is 16.2. The minimum absolute atomic E-state index is 0.303. The van der Waals surface area contributed by atoms with E-state index < -0.39 is 0 Å². The number of hydrogen-bond acceptors (Lipinski definition) is 4. The van der Waals surface area contributed by atoms with Crippen LogP contribution in [0.4, 0.5) is 5.69 Å². The van der Waals surface area contributed by atoms with E-state index in [0.29, 0.717) is 11.6 Å². The standard InChI is InChI=1S/C21H22N2O2/c24-21-14-19(18-8-4-5-9-20(18)25-21)22-17-10-12-23(13-11-17)15-16-6-2-1-3-7-16/h1-9,14,17,22H,10-13,15H2. The number of nitrogens with one attached hydrogen (secondary N) is 1. The molecule has 0 unspecified atom stereocenters. The summed E-state index contributed by atoms with van der Waals surface area (Å²) in [4.78, 5) is 14.3. The monoisotopic (exact) mass is 334 g/mol. The predicted octanol–water partition coefficient (Wildman–Crippen LogP) is 3.87. The lowest BCUT2D eigenvalue weighted by Gasteiger charge is -2.33. The molecular weight excluding hydrogens is 312 g/mol. The highest BCUT2D eigenvalue weighted by Gasteiger charge is 2.20. The minimum Gasteiger partial charge on any atom is -0.423 e. The van der Waals surface area contributed by atoms with Crippen LogP contribution < -0.4 is 10.9 Å². The summed E-state index contributed by atoms with van der Waals surface area (Å²) in [5, 5.41) is 4.53. The first kappa shape index (κ1) is 15.9. The Balaban J connectivity index is 1.41. The van der Waals surface area contributed by atoms with E-state index in [1.807, 2.05) is 24.3 Å². The zero-order chi connectivity index (χ0) is 17.1. The van der Waals surface area contributed by atoms with Crippen LogP contribution in [0.1, 0.15) is 18.4 Å². The second kappa shape index (κ2) is 7.11. The maximum atomic E-state index is 11.8. The summed E-state index contributed by atoms with van der Waals surface area (Å²) in [6, 6.07) is 20.2. The molecule has 2 heterocycles. The van der Waals surface area contributed by atoms with Gasteiger partial charge in [-0.1, -0.05) is 42.5 Å². The van der Waals surface area contributed by atoms with Crippen LogP contribution in [0, 0.1) is 0 Å². The quantitative estimate of drug-likeness (QED) is 0.736. The molecule has 0 atom stereocenters. The van der Waals surface area contributed by atoms with E-state index in [2.05, 4.69) is 40.5 Å². The number of anilines is 1. The fourth-order valence-electron chi connectivity index (χ4n) is 3.53. The molecule has 0 spiro atoms. The summed E-state index contributed by atoms with van der Waals surface area (Å²) in [6.45, 7) is 3.13. The van der Waals surface area contributed by atoms with Gasteiger partial charge in [0.15, 0.2) is 0 Å². The van der Waals surface area contributed by atoms with Crippen molar-refractivity contribution in [3.05, 3.63) is 76.6 Å². The molecule has 25 heavy (non-hydrogen) atoms. The summed E-state index contributed by atoms with van der Waals surface area (Å²) in [5.74, 6) is 0. The van der Waals surface area contributed by atoms with E-state index in [9.17, 15) is 4.79 Å². The van der Waals surface area contributed by atoms with Crippen LogP contribution in [0.2, 0.25) is 0 Å². The van der Waals surface area contributed by atoms with Gasteiger partial charge in [-0.3, -0.25) is 4.90 Å². The molecule has 0 radical (unpaired) electrons. The number of benzene rings is 2. The Morgan fingerprint density at radius 1 is 1.00 bits per heavy atom. The molecular formula is C21H22N2O2. The maximum Gasteiger partial charge on any atom is 0.338 e. The van der Waals surface area contributed by atoms with Gasteiger partial charge in [-0.15, -0.1) is 0 Å². The average Bonchev–Trinajstić information content (AvgIpc) is 2.64. The van der Waals surface area contributed by atoms with Crippen molar-refractivity contribution >= 4 is 16.7 Å². The molecule has 0 aliphatic carbocycles. The Morgan fingerprint density at radius 3 is 2.52 bits per heavy atom. The average molecular weight is 334 g/mol. The third-order valence-electron chi connectivity index (χ3n) is 4.85. The van der Waals surface area contributed by atoms with E-state index in [1.54, 1.807) is 6.07 Å². The van der Waals surface area contributed by atoms with E-state index >= 15 is 0 Å². The van der Waals surface area contributed by atoms with Gasteiger partial charge in [-0.05, 0) is 30.5 Å². The molecule has 4 rings (SSSR count).